The van der Waals surface area contributed by atoms with Gasteiger partial charge >= 0.3 is 6.18 Å². The quantitative estimate of drug-likeness (QED) is 0.699. The Hall–Kier alpha value is -2.54. The lowest BCUT2D eigenvalue weighted by Gasteiger charge is -2.06. The van der Waals surface area contributed by atoms with Crippen LogP contribution < -0.4 is 0 Å². The summed E-state index contributed by atoms with van der Waals surface area (Å²) in [4.78, 5) is 4.33. The van der Waals surface area contributed by atoms with Crippen LogP contribution >= 0.6 is 11.3 Å². The summed E-state index contributed by atoms with van der Waals surface area (Å²) in [5.41, 5.74) is 0.779. The van der Waals surface area contributed by atoms with E-state index in [0.29, 0.717) is 21.8 Å². The highest BCUT2D eigenvalue weighted by Gasteiger charge is 2.30. The third kappa shape index (κ3) is 3.14. The van der Waals surface area contributed by atoms with Gasteiger partial charge in [-0.2, -0.15) is 13.2 Å². The average molecular weight is 337 g/mol. The number of halogens is 3. The number of rotatable bonds is 2. The minimum Gasteiger partial charge on any atom is -0.508 e. The van der Waals surface area contributed by atoms with Crippen molar-refractivity contribution in [2.75, 3.05) is 0 Å². The van der Waals surface area contributed by atoms with Crippen LogP contribution in [0.1, 0.15) is 5.56 Å². The number of hydrogen-bond donors (Lipinski definition) is 2. The first-order valence-corrected chi connectivity index (χ1v) is 7.38. The number of aromatic hydroxyl groups is 2. The van der Waals surface area contributed by atoms with E-state index in [9.17, 15) is 23.4 Å². The highest BCUT2D eigenvalue weighted by molar-refractivity contribution is 7.13. The van der Waals surface area contributed by atoms with Crippen LogP contribution in [0.5, 0.6) is 11.5 Å². The minimum absolute atomic E-state index is 0.0653. The fourth-order valence-corrected chi connectivity index (χ4v) is 2.89. The molecule has 23 heavy (non-hydrogen) atoms. The monoisotopic (exact) mass is 337 g/mol. The zero-order valence-electron chi connectivity index (χ0n) is 11.5. The van der Waals surface area contributed by atoms with Gasteiger partial charge in [0.2, 0.25) is 0 Å². The number of nitrogens with zero attached hydrogens (tertiary/aromatic N) is 1. The van der Waals surface area contributed by atoms with Gasteiger partial charge in [0.25, 0.3) is 0 Å². The molecule has 3 nitrogen and oxygen atoms in total. The van der Waals surface area contributed by atoms with Crippen LogP contribution in [0.2, 0.25) is 0 Å². The molecule has 0 aliphatic rings. The summed E-state index contributed by atoms with van der Waals surface area (Å²) >= 11 is 1.26. The van der Waals surface area contributed by atoms with Gasteiger partial charge in [-0.1, -0.05) is 12.1 Å². The highest BCUT2D eigenvalue weighted by Crippen LogP contribution is 2.36. The SMILES string of the molecule is Oc1ccc(-c2csc(-c3ccc(C(F)(F)F)cc3)n2)c(O)c1. The zero-order valence-corrected chi connectivity index (χ0v) is 12.3. The van der Waals surface area contributed by atoms with Gasteiger partial charge in [0, 0.05) is 22.6 Å². The van der Waals surface area contributed by atoms with Gasteiger partial charge in [0.1, 0.15) is 16.5 Å². The Morgan fingerprint density at radius 2 is 1.65 bits per heavy atom. The Kier molecular flexibility index (Phi) is 3.73. The molecule has 2 N–H and O–H groups in total. The second kappa shape index (κ2) is 5.58. The molecular formula is C16H10F3NO2S. The summed E-state index contributed by atoms with van der Waals surface area (Å²) < 4.78 is 37.7. The number of aromatic nitrogens is 1. The van der Waals surface area contributed by atoms with Crippen molar-refractivity contribution < 1.29 is 23.4 Å². The lowest BCUT2D eigenvalue weighted by Crippen LogP contribution is -2.03. The van der Waals surface area contributed by atoms with Crippen molar-refractivity contribution in [2.24, 2.45) is 0 Å². The van der Waals surface area contributed by atoms with E-state index in [1.54, 1.807) is 5.38 Å². The third-order valence-corrected chi connectivity index (χ3v) is 4.11. The molecule has 0 aliphatic heterocycles. The molecule has 0 fully saturated rings. The zero-order chi connectivity index (χ0) is 16.6. The van der Waals surface area contributed by atoms with E-state index < -0.39 is 11.7 Å². The fourth-order valence-electron chi connectivity index (χ4n) is 2.07. The van der Waals surface area contributed by atoms with Gasteiger partial charge in [-0.05, 0) is 24.3 Å². The summed E-state index contributed by atoms with van der Waals surface area (Å²) in [7, 11) is 0. The van der Waals surface area contributed by atoms with Crippen molar-refractivity contribution in [3.05, 3.63) is 53.4 Å². The van der Waals surface area contributed by atoms with E-state index in [1.807, 2.05) is 0 Å². The number of hydrogen-bond acceptors (Lipinski definition) is 4. The Morgan fingerprint density at radius 3 is 2.26 bits per heavy atom. The molecule has 0 radical (unpaired) electrons. The first kappa shape index (κ1) is 15.4. The second-order valence-electron chi connectivity index (χ2n) is 4.81. The van der Waals surface area contributed by atoms with E-state index in [2.05, 4.69) is 4.98 Å². The van der Waals surface area contributed by atoms with Crippen molar-refractivity contribution in [3.8, 4) is 33.3 Å². The molecule has 7 heteroatoms. The molecule has 0 unspecified atom stereocenters. The lowest BCUT2D eigenvalue weighted by atomic mass is 10.1. The maximum absolute atomic E-state index is 12.6. The second-order valence-corrected chi connectivity index (χ2v) is 5.67. The topological polar surface area (TPSA) is 53.4 Å². The molecule has 0 saturated heterocycles. The molecule has 118 valence electrons. The smallest absolute Gasteiger partial charge is 0.416 e. The van der Waals surface area contributed by atoms with Crippen LogP contribution in [0, 0.1) is 0 Å². The molecule has 3 aromatic rings. The summed E-state index contributed by atoms with van der Waals surface area (Å²) in [6.45, 7) is 0. The van der Waals surface area contributed by atoms with Crippen molar-refractivity contribution in [1.82, 2.24) is 4.98 Å². The van der Waals surface area contributed by atoms with Gasteiger partial charge < -0.3 is 10.2 Å². The number of phenolic OH excluding ortho intramolecular Hbond substituents is 2. The molecule has 1 heterocycles. The van der Waals surface area contributed by atoms with Crippen LogP contribution in [0.25, 0.3) is 21.8 Å². The standard InChI is InChI=1S/C16H10F3NO2S/c17-16(18,19)10-3-1-9(2-4-10)15-20-13(8-23-15)12-6-5-11(21)7-14(12)22/h1-8,21-22H. The number of phenols is 2. The molecule has 0 amide bonds. The molecule has 0 aliphatic carbocycles. The predicted molar refractivity (Wildman–Crippen MR) is 81.3 cm³/mol. The highest BCUT2D eigenvalue weighted by atomic mass is 32.1. The maximum atomic E-state index is 12.6. The average Bonchev–Trinajstić information content (AvgIpc) is 2.96. The first-order chi connectivity index (χ1) is 10.8. The van der Waals surface area contributed by atoms with Crippen molar-refractivity contribution in [1.29, 1.82) is 0 Å². The number of alkyl halides is 3. The molecule has 0 spiro atoms. The van der Waals surface area contributed by atoms with Crippen molar-refractivity contribution in [2.45, 2.75) is 6.18 Å². The molecule has 0 atom stereocenters. The van der Waals surface area contributed by atoms with Gasteiger partial charge in [0.15, 0.2) is 0 Å². The van der Waals surface area contributed by atoms with Crippen molar-refractivity contribution >= 4 is 11.3 Å². The largest absolute Gasteiger partial charge is 0.508 e. The summed E-state index contributed by atoms with van der Waals surface area (Å²) in [5.74, 6) is -0.182. The first-order valence-electron chi connectivity index (χ1n) is 6.50. The Balaban J connectivity index is 1.93. The van der Waals surface area contributed by atoms with Gasteiger partial charge in [0.05, 0.1) is 11.3 Å². The van der Waals surface area contributed by atoms with Gasteiger partial charge in [-0.25, -0.2) is 4.98 Å². The Bertz CT molecular complexity index is 841. The number of benzene rings is 2. The normalized spacial score (nSPS) is 11.6. The van der Waals surface area contributed by atoms with E-state index >= 15 is 0 Å². The van der Waals surface area contributed by atoms with Crippen LogP contribution in [0.4, 0.5) is 13.2 Å². The maximum Gasteiger partial charge on any atom is 0.416 e. The van der Waals surface area contributed by atoms with E-state index in [4.69, 9.17) is 0 Å². The summed E-state index contributed by atoms with van der Waals surface area (Å²) in [6.07, 6.45) is -4.37. The molecule has 3 rings (SSSR count). The third-order valence-electron chi connectivity index (χ3n) is 3.22. The molecule has 1 aromatic heterocycles. The predicted octanol–water partition coefficient (Wildman–Crippen LogP) is 4.91. The van der Waals surface area contributed by atoms with E-state index in [0.717, 1.165) is 12.1 Å². The summed E-state index contributed by atoms with van der Waals surface area (Å²) in [5, 5.41) is 21.4. The van der Waals surface area contributed by atoms with Crippen molar-refractivity contribution in [3.63, 3.8) is 0 Å². The molecule has 0 saturated carbocycles. The van der Waals surface area contributed by atoms with E-state index in [1.165, 1.54) is 41.7 Å². The van der Waals surface area contributed by atoms with Crippen LogP contribution in [0.3, 0.4) is 0 Å². The van der Waals surface area contributed by atoms with Gasteiger partial charge in [-0.15, -0.1) is 11.3 Å². The Labute approximate surface area is 133 Å². The van der Waals surface area contributed by atoms with Crippen LogP contribution in [-0.2, 0) is 6.18 Å². The Morgan fingerprint density at radius 1 is 0.957 bits per heavy atom. The number of thiazole rings is 1. The van der Waals surface area contributed by atoms with Gasteiger partial charge in [-0.3, -0.25) is 0 Å². The minimum atomic E-state index is -4.37. The van der Waals surface area contributed by atoms with Crippen LogP contribution in [0.15, 0.2) is 47.8 Å². The fraction of sp³-hybridized carbons (Fsp3) is 0.0625. The molecule has 2 aromatic carbocycles. The molecule has 0 bridgehead atoms. The van der Waals surface area contributed by atoms with E-state index in [-0.39, 0.29) is 11.5 Å². The lowest BCUT2D eigenvalue weighted by molar-refractivity contribution is -0.137. The summed E-state index contributed by atoms with van der Waals surface area (Å²) in [6, 6.07) is 8.89. The van der Waals surface area contributed by atoms with Crippen LogP contribution in [-0.4, -0.2) is 15.2 Å². The molecular weight excluding hydrogens is 327 g/mol.